The molecule has 2 aliphatic rings. The van der Waals surface area contributed by atoms with Crippen LogP contribution in [0.25, 0.3) is 11.1 Å². The fourth-order valence-corrected chi connectivity index (χ4v) is 10.5. The summed E-state index contributed by atoms with van der Waals surface area (Å²) < 4.78 is 28.8. The molecule has 1 aromatic heterocycles. The lowest BCUT2D eigenvalue weighted by Gasteiger charge is -2.35. The van der Waals surface area contributed by atoms with Crippen LogP contribution in [0.5, 0.6) is 17.2 Å². The minimum Gasteiger partial charge on any atom is -0.508 e. The van der Waals surface area contributed by atoms with E-state index >= 15 is 0 Å². The minimum atomic E-state index is -0.587. The maximum absolute atomic E-state index is 14.2. The van der Waals surface area contributed by atoms with Crippen molar-refractivity contribution in [2.45, 2.75) is 83.3 Å². The van der Waals surface area contributed by atoms with E-state index < -0.39 is 12.1 Å². The molecule has 16 heteroatoms. The zero-order valence-corrected chi connectivity index (χ0v) is 44.6. The maximum Gasteiger partial charge on any atom is 0.248 e. The van der Waals surface area contributed by atoms with Crippen LogP contribution in [-0.4, -0.2) is 136 Å². The number of aromatic nitrogens is 1. The predicted molar refractivity (Wildman–Crippen MR) is 291 cm³/mol. The number of carbonyl (C=O) groups excluding carboxylic acids is 4. The third-order valence-electron chi connectivity index (χ3n) is 13.8. The number of phenolic OH excluding ortho intramolecular Hbond substituents is 1. The van der Waals surface area contributed by atoms with Gasteiger partial charge in [0, 0.05) is 24.5 Å². The van der Waals surface area contributed by atoms with Crippen LogP contribution in [0.3, 0.4) is 0 Å². The van der Waals surface area contributed by atoms with Crippen molar-refractivity contribution in [1.29, 1.82) is 0 Å². The first-order valence-corrected chi connectivity index (χ1v) is 27.2. The lowest BCUT2D eigenvalue weighted by Crippen LogP contribution is -2.55. The number of benzene rings is 4. The van der Waals surface area contributed by atoms with E-state index in [2.05, 4.69) is 29.7 Å². The van der Waals surface area contributed by atoms with Crippen molar-refractivity contribution in [3.05, 3.63) is 141 Å². The summed E-state index contributed by atoms with van der Waals surface area (Å²) in [6.07, 6.45) is 7.45. The molecule has 75 heavy (non-hydrogen) atoms. The van der Waals surface area contributed by atoms with Gasteiger partial charge >= 0.3 is 0 Å². The van der Waals surface area contributed by atoms with Gasteiger partial charge in [-0.1, -0.05) is 92.9 Å². The number of aromatic hydroxyl groups is 1. The third-order valence-corrected chi connectivity index (χ3v) is 14.8. The number of hydrogen-bond acceptors (Lipinski definition) is 13. The van der Waals surface area contributed by atoms with Gasteiger partial charge < -0.3 is 49.2 Å². The van der Waals surface area contributed by atoms with Gasteiger partial charge in [-0.15, -0.1) is 11.3 Å². The maximum atomic E-state index is 14.2. The smallest absolute Gasteiger partial charge is 0.248 e. The fourth-order valence-electron chi connectivity index (χ4n) is 9.52. The van der Waals surface area contributed by atoms with E-state index in [-0.39, 0.29) is 61.0 Å². The van der Waals surface area contributed by atoms with Crippen LogP contribution in [0.4, 0.5) is 0 Å². The van der Waals surface area contributed by atoms with Gasteiger partial charge in [0.2, 0.25) is 23.5 Å². The van der Waals surface area contributed by atoms with Crippen molar-refractivity contribution in [2.24, 2.45) is 5.92 Å². The first kappa shape index (κ1) is 56.3. The number of nitrogens with one attached hydrogen (secondary N) is 2. The molecule has 15 nitrogen and oxygen atoms in total. The van der Waals surface area contributed by atoms with Crippen LogP contribution in [-0.2, 0) is 28.6 Å². The Kier molecular flexibility index (Phi) is 21.8. The van der Waals surface area contributed by atoms with Gasteiger partial charge in [0.15, 0.2) is 0 Å². The topological polar surface area (TPSA) is 178 Å². The first-order chi connectivity index (χ1) is 36.5. The summed E-state index contributed by atoms with van der Waals surface area (Å²) in [6.45, 7) is 6.98. The number of ether oxygens (including phenoxy) is 5. The highest BCUT2D eigenvalue weighted by Gasteiger charge is 2.40. The Labute approximate surface area is 445 Å². The van der Waals surface area contributed by atoms with Gasteiger partial charge in [0.05, 0.1) is 51.7 Å². The van der Waals surface area contributed by atoms with Gasteiger partial charge in [-0.2, -0.15) is 0 Å². The van der Waals surface area contributed by atoms with E-state index in [0.29, 0.717) is 68.9 Å². The molecule has 0 spiro atoms. The summed E-state index contributed by atoms with van der Waals surface area (Å²) in [7, 11) is 3.45. The minimum absolute atomic E-state index is 0.0648. The van der Waals surface area contributed by atoms with E-state index in [0.717, 1.165) is 78.6 Å². The van der Waals surface area contributed by atoms with Gasteiger partial charge in [0.1, 0.15) is 53.8 Å². The van der Waals surface area contributed by atoms with Crippen LogP contribution in [0.2, 0.25) is 0 Å². The number of nitrogens with zero attached hydrogens (tertiary/aromatic N) is 3. The van der Waals surface area contributed by atoms with Gasteiger partial charge in [-0.05, 0) is 116 Å². The van der Waals surface area contributed by atoms with Crippen LogP contribution in [0, 0.1) is 5.92 Å². The summed E-state index contributed by atoms with van der Waals surface area (Å²) in [5, 5.41) is 18.5. The zero-order chi connectivity index (χ0) is 52.9. The van der Waals surface area contributed by atoms with Crippen molar-refractivity contribution in [3.63, 3.8) is 0 Å². The Bertz CT molecular complexity index is 2640. The Morgan fingerprint density at radius 2 is 1.40 bits per heavy atom. The van der Waals surface area contributed by atoms with E-state index in [1.54, 1.807) is 67.7 Å². The number of phenols is 1. The second-order valence-corrected chi connectivity index (χ2v) is 19.8. The van der Waals surface area contributed by atoms with Crippen molar-refractivity contribution in [1.82, 2.24) is 25.4 Å². The quantitative estimate of drug-likeness (QED) is 0.0247. The molecule has 7 rings (SSSR count). The fraction of sp³-hybridized carbons (Fsp3) is 0.441. The number of likely N-dealkylation sites (tertiary alicyclic amines) is 1. The largest absolute Gasteiger partial charge is 0.508 e. The van der Waals surface area contributed by atoms with E-state index in [4.69, 9.17) is 28.7 Å². The number of allylic oxidation sites excluding steroid dienone is 1. The van der Waals surface area contributed by atoms with Crippen LogP contribution in [0.1, 0.15) is 109 Å². The Morgan fingerprint density at radius 1 is 0.747 bits per heavy atom. The zero-order valence-electron chi connectivity index (χ0n) is 43.8. The molecule has 1 saturated carbocycles. The van der Waals surface area contributed by atoms with Crippen LogP contribution in [0.15, 0.2) is 109 Å². The number of likely N-dealkylation sites (N-methyl/N-ethyl adjacent to an activating group) is 2. The number of amides is 3. The molecule has 0 radical (unpaired) electrons. The molecule has 2 fully saturated rings. The second kappa shape index (κ2) is 29.0. The monoisotopic (exact) mass is 1040 g/mol. The van der Waals surface area contributed by atoms with Gasteiger partial charge in [-0.3, -0.25) is 19.2 Å². The Hall–Kier alpha value is -6.43. The van der Waals surface area contributed by atoms with Crippen molar-refractivity contribution >= 4 is 46.0 Å². The van der Waals surface area contributed by atoms with Crippen molar-refractivity contribution in [3.8, 4) is 17.2 Å². The molecule has 1 aliphatic carbocycles. The number of carbonyl (C=O) groups is 4. The molecular weight excluding hydrogens is 971 g/mol. The predicted octanol–water partition coefficient (Wildman–Crippen LogP) is 8.75. The molecule has 0 bridgehead atoms. The molecule has 3 amide bonds. The van der Waals surface area contributed by atoms with Gasteiger partial charge in [0.25, 0.3) is 0 Å². The number of thiazole rings is 1. The highest BCUT2D eigenvalue weighted by molar-refractivity contribution is 7.10. The first-order valence-electron chi connectivity index (χ1n) is 26.3. The Balaban J connectivity index is 0.760. The molecule has 3 atom stereocenters. The van der Waals surface area contributed by atoms with Crippen LogP contribution < -0.4 is 20.1 Å². The van der Waals surface area contributed by atoms with Crippen molar-refractivity contribution in [2.75, 3.05) is 80.0 Å². The average molecular weight is 1040 g/mol. The molecule has 4 aromatic carbocycles. The van der Waals surface area contributed by atoms with Gasteiger partial charge in [-0.25, -0.2) is 4.98 Å². The number of rotatable bonds is 28. The summed E-state index contributed by atoms with van der Waals surface area (Å²) in [5.41, 5.74) is 6.24. The van der Waals surface area contributed by atoms with Crippen molar-refractivity contribution < 1.29 is 48.0 Å². The Morgan fingerprint density at radius 3 is 2.09 bits per heavy atom. The standard InChI is InChI=1S/C59H73N5O10S/c1-5-50(42-14-8-6-9-15-42)54(43-21-25-47(65)26-22-43)44-23-27-48(28-24-44)73-31-30-63(4)53(66)39-72-35-34-70-32-33-71-36-37-74-49-19-12-18-46(38-49)56(67)51-40-75-58(61-51)52-20-13-29-64(52)59(69)55(45-16-10-7-11-17-45)62-57(68)41(2)60-3/h6,8-9,12,14-15,18-19,21-28,38,40-41,45,52,55,60,65H,5,7,10-11,13,16-17,20,29-37,39H2,1-4H3,(H,62,68). The molecule has 1 saturated heterocycles. The van der Waals surface area contributed by atoms with E-state index in [1.165, 1.54) is 16.9 Å². The molecule has 5 aromatic rings. The lowest BCUT2D eigenvalue weighted by atomic mass is 9.83. The van der Waals surface area contributed by atoms with E-state index in [1.807, 2.05) is 59.5 Å². The van der Waals surface area contributed by atoms with E-state index in [9.17, 15) is 24.3 Å². The summed E-state index contributed by atoms with van der Waals surface area (Å²) in [4.78, 5) is 61.7. The molecule has 3 N–H and O–H groups in total. The number of hydrogen-bond donors (Lipinski definition) is 3. The molecule has 1 aliphatic heterocycles. The summed E-state index contributed by atoms with van der Waals surface area (Å²) >= 11 is 1.39. The molecule has 2 heterocycles. The molecule has 3 unspecified atom stereocenters. The third kappa shape index (κ3) is 16.0. The van der Waals surface area contributed by atoms with Crippen LogP contribution >= 0.6 is 11.3 Å². The SMILES string of the molecule is CCC(=C(c1ccc(O)cc1)c1ccc(OCCN(C)C(=O)COCCOCCOCCOc2cccc(C(=O)c3csc(C4CCCN4C(=O)C(NC(=O)C(C)NC)C4CCCCC4)n3)c2)cc1)c1ccccc1. The summed E-state index contributed by atoms with van der Waals surface area (Å²) in [5.74, 6) is 0.897. The summed E-state index contributed by atoms with van der Waals surface area (Å²) in [6, 6.07) is 31.3. The highest BCUT2D eigenvalue weighted by Crippen LogP contribution is 2.38. The second-order valence-electron chi connectivity index (χ2n) is 18.9. The molecular formula is C59H73N5O10S. The number of ketones is 1. The highest BCUT2D eigenvalue weighted by atomic mass is 32.1. The normalized spacial score (nSPS) is 15.9. The molecule has 400 valence electrons. The lowest BCUT2D eigenvalue weighted by molar-refractivity contribution is -0.139. The average Bonchev–Trinajstić information content (AvgIpc) is 4.15.